The summed E-state index contributed by atoms with van der Waals surface area (Å²) >= 11 is 0. The molecule has 5 rings (SSSR count). The lowest BCUT2D eigenvalue weighted by Crippen LogP contribution is -2.47. The summed E-state index contributed by atoms with van der Waals surface area (Å²) in [5.74, 6) is 1.13. The fourth-order valence-corrected chi connectivity index (χ4v) is 4.78. The van der Waals surface area contributed by atoms with Crippen molar-refractivity contribution in [2.75, 3.05) is 13.1 Å². The Morgan fingerprint density at radius 3 is 2.69 bits per heavy atom. The van der Waals surface area contributed by atoms with Gasteiger partial charge in [0.15, 0.2) is 5.82 Å². The molecule has 1 aliphatic carbocycles. The highest BCUT2D eigenvalue weighted by Gasteiger charge is 2.30. The van der Waals surface area contributed by atoms with Crippen LogP contribution >= 0.6 is 0 Å². The average Bonchev–Trinajstić information content (AvgIpc) is 3.70. The molecular formula is C28H32N6O. The molecule has 0 bridgehead atoms. The number of hydrogen-bond acceptors (Lipinski definition) is 5. The van der Waals surface area contributed by atoms with Gasteiger partial charge in [-0.15, -0.1) is 0 Å². The Hall–Kier alpha value is -3.58. The van der Waals surface area contributed by atoms with Gasteiger partial charge in [0.2, 0.25) is 0 Å². The van der Waals surface area contributed by atoms with Gasteiger partial charge < -0.3 is 10.6 Å². The SMILES string of the molecule is C=C/C(=N\c1c(-c2cc(C(=O)N3CCCC[C@@H]3CN)cc(C3CC3)n2)cnn1C)c1ccccc1. The fraction of sp³-hybridized carbons (Fsp3) is 0.357. The van der Waals surface area contributed by atoms with Crippen LogP contribution in [0.5, 0.6) is 0 Å². The number of likely N-dealkylation sites (tertiary alicyclic amines) is 1. The van der Waals surface area contributed by atoms with Crippen LogP contribution in [0.3, 0.4) is 0 Å². The van der Waals surface area contributed by atoms with Gasteiger partial charge in [0.1, 0.15) is 0 Å². The topological polar surface area (TPSA) is 89.4 Å². The molecular weight excluding hydrogens is 436 g/mol. The third-order valence-corrected chi connectivity index (χ3v) is 6.92. The predicted molar refractivity (Wildman–Crippen MR) is 139 cm³/mol. The number of pyridine rings is 1. The van der Waals surface area contributed by atoms with Gasteiger partial charge in [-0.1, -0.05) is 36.9 Å². The molecule has 3 aromatic rings. The molecule has 1 amide bonds. The molecule has 0 spiro atoms. The standard InChI is InChI=1S/C28H32N6O/c1-3-24(19-9-5-4-6-10-19)32-27-23(18-30-33(27)2)26-16-21(15-25(31-26)20-12-13-20)28(35)34-14-8-7-11-22(34)17-29/h3-6,9-10,15-16,18,20,22H,1,7-8,11-14,17,29H2,2H3/b32-24+/t22-/m1/s1. The molecule has 2 aromatic heterocycles. The second kappa shape index (κ2) is 9.96. The van der Waals surface area contributed by atoms with E-state index in [-0.39, 0.29) is 11.9 Å². The first-order valence-corrected chi connectivity index (χ1v) is 12.4. The highest BCUT2D eigenvalue weighted by Crippen LogP contribution is 2.41. The normalized spacial score (nSPS) is 18.5. The third kappa shape index (κ3) is 4.82. The lowest BCUT2D eigenvalue weighted by Gasteiger charge is -2.35. The molecule has 1 saturated carbocycles. The number of hydrogen-bond donors (Lipinski definition) is 1. The first kappa shape index (κ1) is 23.2. The molecule has 2 fully saturated rings. The number of aryl methyl sites for hydroxylation is 1. The number of carbonyl (C=O) groups excluding carboxylic acids is 1. The van der Waals surface area contributed by atoms with E-state index >= 15 is 0 Å². The van der Waals surface area contributed by atoms with Crippen LogP contribution in [0.2, 0.25) is 0 Å². The van der Waals surface area contributed by atoms with Crippen molar-refractivity contribution in [3.05, 3.63) is 78.1 Å². The van der Waals surface area contributed by atoms with E-state index in [1.165, 1.54) is 0 Å². The molecule has 0 unspecified atom stereocenters. The Labute approximate surface area is 206 Å². The Bertz CT molecular complexity index is 1260. The van der Waals surface area contributed by atoms with Gasteiger partial charge in [-0.2, -0.15) is 5.10 Å². The van der Waals surface area contributed by atoms with E-state index in [4.69, 9.17) is 15.7 Å². The second-order valence-corrected chi connectivity index (χ2v) is 9.40. The van der Waals surface area contributed by atoms with E-state index in [9.17, 15) is 4.79 Å². The summed E-state index contributed by atoms with van der Waals surface area (Å²) in [6.45, 7) is 5.20. The zero-order valence-corrected chi connectivity index (χ0v) is 20.2. The van der Waals surface area contributed by atoms with Gasteiger partial charge in [-0.25, -0.2) is 4.99 Å². The van der Waals surface area contributed by atoms with E-state index in [0.717, 1.165) is 66.9 Å². The van der Waals surface area contributed by atoms with Gasteiger partial charge in [0, 0.05) is 48.9 Å². The molecule has 35 heavy (non-hydrogen) atoms. The van der Waals surface area contributed by atoms with E-state index < -0.39 is 0 Å². The number of allylic oxidation sites excluding steroid dienone is 1. The molecule has 1 aliphatic heterocycles. The number of rotatable bonds is 7. The maximum absolute atomic E-state index is 13.6. The van der Waals surface area contributed by atoms with Crippen LogP contribution in [0.4, 0.5) is 5.82 Å². The predicted octanol–water partition coefficient (Wildman–Crippen LogP) is 4.62. The van der Waals surface area contributed by atoms with E-state index in [1.807, 2.05) is 54.4 Å². The lowest BCUT2D eigenvalue weighted by molar-refractivity contribution is 0.0623. The Morgan fingerprint density at radius 1 is 1.17 bits per heavy atom. The Balaban J connectivity index is 1.57. The number of piperidine rings is 1. The van der Waals surface area contributed by atoms with E-state index in [1.54, 1.807) is 17.0 Å². The molecule has 7 heteroatoms. The van der Waals surface area contributed by atoms with Gasteiger partial charge >= 0.3 is 0 Å². The zero-order valence-electron chi connectivity index (χ0n) is 20.2. The fourth-order valence-electron chi connectivity index (χ4n) is 4.78. The van der Waals surface area contributed by atoms with Crippen molar-refractivity contribution in [3.8, 4) is 11.3 Å². The van der Waals surface area contributed by atoms with Crippen LogP contribution < -0.4 is 5.73 Å². The van der Waals surface area contributed by atoms with E-state index in [0.29, 0.717) is 23.8 Å². The molecule has 2 N–H and O–H groups in total. The monoisotopic (exact) mass is 468 g/mol. The molecule has 1 saturated heterocycles. The molecule has 2 aliphatic rings. The maximum atomic E-state index is 13.6. The molecule has 7 nitrogen and oxygen atoms in total. The van der Waals surface area contributed by atoms with Crippen LogP contribution in [0.1, 0.15) is 59.6 Å². The molecule has 3 heterocycles. The highest BCUT2D eigenvalue weighted by atomic mass is 16.2. The van der Waals surface area contributed by atoms with Crippen LogP contribution in [0.15, 0.2) is 66.3 Å². The first-order chi connectivity index (χ1) is 17.1. The number of amides is 1. The summed E-state index contributed by atoms with van der Waals surface area (Å²) in [4.78, 5) is 25.5. The maximum Gasteiger partial charge on any atom is 0.254 e. The zero-order chi connectivity index (χ0) is 24.4. The highest BCUT2D eigenvalue weighted by molar-refractivity contribution is 6.10. The van der Waals surface area contributed by atoms with Crippen molar-refractivity contribution in [2.24, 2.45) is 17.8 Å². The van der Waals surface area contributed by atoms with Crippen molar-refractivity contribution >= 4 is 17.4 Å². The summed E-state index contributed by atoms with van der Waals surface area (Å²) in [6, 6.07) is 13.9. The van der Waals surface area contributed by atoms with Crippen LogP contribution in [0.25, 0.3) is 11.3 Å². The smallest absolute Gasteiger partial charge is 0.254 e. The number of nitrogens with zero attached hydrogens (tertiary/aromatic N) is 5. The van der Waals surface area contributed by atoms with Crippen molar-refractivity contribution in [1.82, 2.24) is 19.7 Å². The van der Waals surface area contributed by atoms with Crippen LogP contribution in [-0.4, -0.2) is 50.4 Å². The minimum atomic E-state index is 0.0377. The summed E-state index contributed by atoms with van der Waals surface area (Å²) in [5, 5.41) is 4.48. The van der Waals surface area contributed by atoms with E-state index in [2.05, 4.69) is 11.7 Å². The summed E-state index contributed by atoms with van der Waals surface area (Å²) in [7, 11) is 1.87. The summed E-state index contributed by atoms with van der Waals surface area (Å²) in [5.41, 5.74) is 10.9. The lowest BCUT2D eigenvalue weighted by atomic mass is 10.00. The Morgan fingerprint density at radius 2 is 1.97 bits per heavy atom. The summed E-state index contributed by atoms with van der Waals surface area (Å²) in [6.07, 6.45) is 8.82. The van der Waals surface area contributed by atoms with Crippen molar-refractivity contribution in [1.29, 1.82) is 0 Å². The average molecular weight is 469 g/mol. The minimum absolute atomic E-state index is 0.0377. The molecule has 0 radical (unpaired) electrons. The number of carbonyl (C=O) groups is 1. The minimum Gasteiger partial charge on any atom is -0.334 e. The van der Waals surface area contributed by atoms with Crippen molar-refractivity contribution < 1.29 is 4.79 Å². The number of aromatic nitrogens is 3. The van der Waals surface area contributed by atoms with Crippen LogP contribution in [-0.2, 0) is 7.05 Å². The molecule has 180 valence electrons. The third-order valence-electron chi connectivity index (χ3n) is 6.92. The molecule has 1 aromatic carbocycles. The van der Waals surface area contributed by atoms with Gasteiger partial charge in [0.05, 0.1) is 23.2 Å². The largest absolute Gasteiger partial charge is 0.334 e. The Kier molecular flexibility index (Phi) is 6.59. The quantitative estimate of drug-likeness (QED) is 0.513. The van der Waals surface area contributed by atoms with Crippen molar-refractivity contribution in [3.63, 3.8) is 0 Å². The van der Waals surface area contributed by atoms with Crippen LogP contribution in [0, 0.1) is 0 Å². The number of aliphatic imine (C=N–C) groups is 1. The molecule has 1 atom stereocenters. The second-order valence-electron chi connectivity index (χ2n) is 9.40. The summed E-state index contributed by atoms with van der Waals surface area (Å²) < 4.78 is 1.74. The van der Waals surface area contributed by atoms with Gasteiger partial charge in [0.25, 0.3) is 5.91 Å². The van der Waals surface area contributed by atoms with Crippen molar-refractivity contribution in [2.45, 2.75) is 44.1 Å². The van der Waals surface area contributed by atoms with Gasteiger partial charge in [-0.05, 0) is 50.3 Å². The number of nitrogens with two attached hydrogens (primary N) is 1. The first-order valence-electron chi connectivity index (χ1n) is 12.4. The van der Waals surface area contributed by atoms with Gasteiger partial charge in [-0.3, -0.25) is 14.5 Å². The number of benzene rings is 1.